The molecule has 3 N–H and O–H groups in total. The van der Waals surface area contributed by atoms with Crippen LogP contribution in [-0.4, -0.2) is 49.2 Å². The molecule has 10 heteroatoms. The summed E-state index contributed by atoms with van der Waals surface area (Å²) < 4.78 is 23.2. The normalized spacial score (nSPS) is 18.4. The van der Waals surface area contributed by atoms with Gasteiger partial charge in [-0.25, -0.2) is 4.79 Å². The highest BCUT2D eigenvalue weighted by Gasteiger charge is 2.32. The summed E-state index contributed by atoms with van der Waals surface area (Å²) in [5.74, 6) is 1.06. The van der Waals surface area contributed by atoms with Gasteiger partial charge in [-0.3, -0.25) is 4.79 Å². The van der Waals surface area contributed by atoms with E-state index < -0.39 is 18.3 Å². The van der Waals surface area contributed by atoms with Crippen molar-refractivity contribution >= 4 is 23.8 Å². The van der Waals surface area contributed by atoms with Gasteiger partial charge < -0.3 is 34.7 Å². The molecule has 1 aliphatic rings. The SMILES string of the molecule is CCOC(=O)CNC(=O)NCc1ccc([C@H]2O[C@@H](CSc3ccccc3OC)C[C@@H](c3ccc(CO)cc3)O2)cc1. The lowest BCUT2D eigenvalue weighted by Crippen LogP contribution is -2.38. The van der Waals surface area contributed by atoms with Gasteiger partial charge in [0, 0.05) is 29.2 Å². The lowest BCUT2D eigenvalue weighted by Gasteiger charge is -2.36. The van der Waals surface area contributed by atoms with Crippen LogP contribution in [0.15, 0.2) is 77.7 Å². The Balaban J connectivity index is 1.41. The third kappa shape index (κ3) is 8.96. The molecule has 218 valence electrons. The average Bonchev–Trinajstić information content (AvgIpc) is 3.02. The first kappa shape index (κ1) is 30.4. The van der Waals surface area contributed by atoms with E-state index in [2.05, 4.69) is 10.6 Å². The molecule has 1 fully saturated rings. The number of para-hydroxylation sites is 1. The molecular weight excluding hydrogens is 544 g/mol. The first-order chi connectivity index (χ1) is 20.0. The van der Waals surface area contributed by atoms with Crippen molar-refractivity contribution in [2.45, 2.75) is 49.9 Å². The van der Waals surface area contributed by atoms with Gasteiger partial charge in [-0.1, -0.05) is 60.7 Å². The smallest absolute Gasteiger partial charge is 0.325 e. The molecule has 0 unspecified atom stereocenters. The van der Waals surface area contributed by atoms with E-state index >= 15 is 0 Å². The number of nitrogens with one attached hydrogen (secondary N) is 2. The van der Waals surface area contributed by atoms with Crippen LogP contribution in [0.1, 0.15) is 48.0 Å². The first-order valence-electron chi connectivity index (χ1n) is 13.5. The van der Waals surface area contributed by atoms with Crippen LogP contribution in [0, 0.1) is 0 Å². The molecule has 4 rings (SSSR count). The number of methoxy groups -OCH3 is 1. The molecule has 0 aromatic heterocycles. The van der Waals surface area contributed by atoms with Gasteiger partial charge in [0.1, 0.15) is 12.3 Å². The summed E-state index contributed by atoms with van der Waals surface area (Å²) in [4.78, 5) is 24.5. The Labute approximate surface area is 244 Å². The van der Waals surface area contributed by atoms with Crippen LogP contribution in [0.25, 0.3) is 0 Å². The van der Waals surface area contributed by atoms with Crippen LogP contribution >= 0.6 is 11.8 Å². The molecule has 0 radical (unpaired) electrons. The lowest BCUT2D eigenvalue weighted by atomic mass is 10.0. The number of hydrogen-bond donors (Lipinski definition) is 3. The second-order valence-electron chi connectivity index (χ2n) is 9.39. The summed E-state index contributed by atoms with van der Waals surface area (Å²) in [6, 6.07) is 22.9. The fourth-order valence-corrected chi connectivity index (χ4v) is 5.39. The number of carbonyl (C=O) groups is 2. The Kier molecular flexibility index (Phi) is 11.4. The summed E-state index contributed by atoms with van der Waals surface area (Å²) in [6.45, 7) is 2.07. The molecule has 1 heterocycles. The Hall–Kier alpha value is -3.57. The minimum atomic E-state index is -0.579. The molecule has 3 aromatic rings. The molecule has 2 amide bonds. The third-order valence-corrected chi connectivity index (χ3v) is 7.70. The third-order valence-electron chi connectivity index (χ3n) is 6.51. The van der Waals surface area contributed by atoms with E-state index in [9.17, 15) is 14.7 Å². The fourth-order valence-electron chi connectivity index (χ4n) is 4.35. The number of urea groups is 1. The molecule has 0 aliphatic carbocycles. The second kappa shape index (κ2) is 15.4. The zero-order valence-electron chi connectivity index (χ0n) is 23.2. The number of amides is 2. The van der Waals surface area contributed by atoms with Gasteiger partial charge in [-0.2, -0.15) is 0 Å². The van der Waals surface area contributed by atoms with Gasteiger partial charge in [0.2, 0.25) is 0 Å². The number of esters is 1. The Morgan fingerprint density at radius 3 is 2.37 bits per heavy atom. The van der Waals surface area contributed by atoms with Crippen molar-refractivity contribution in [3.63, 3.8) is 0 Å². The summed E-state index contributed by atoms with van der Waals surface area (Å²) in [7, 11) is 1.67. The zero-order valence-corrected chi connectivity index (χ0v) is 24.0. The van der Waals surface area contributed by atoms with Crippen LogP contribution in [0.2, 0.25) is 0 Å². The minimum absolute atomic E-state index is 0.00994. The molecule has 0 spiro atoms. The van der Waals surface area contributed by atoms with Crippen LogP contribution in [0.3, 0.4) is 0 Å². The van der Waals surface area contributed by atoms with Crippen molar-refractivity contribution in [3.05, 3.63) is 95.1 Å². The Morgan fingerprint density at radius 1 is 0.951 bits per heavy atom. The predicted octanol–water partition coefficient (Wildman–Crippen LogP) is 4.89. The quantitative estimate of drug-likeness (QED) is 0.205. The van der Waals surface area contributed by atoms with Gasteiger partial charge in [0.05, 0.1) is 32.5 Å². The number of carbonyl (C=O) groups excluding carboxylic acids is 2. The number of rotatable bonds is 12. The summed E-state index contributed by atoms with van der Waals surface area (Å²) in [5.41, 5.74) is 3.62. The van der Waals surface area contributed by atoms with Gasteiger partial charge in [0.25, 0.3) is 0 Å². The van der Waals surface area contributed by atoms with Gasteiger partial charge in [-0.05, 0) is 35.7 Å². The number of aliphatic hydroxyl groups excluding tert-OH is 1. The second-order valence-corrected chi connectivity index (χ2v) is 10.5. The molecule has 3 atom stereocenters. The van der Waals surface area contributed by atoms with Crippen molar-refractivity contribution < 1.29 is 33.6 Å². The van der Waals surface area contributed by atoms with Crippen molar-refractivity contribution in [2.24, 2.45) is 0 Å². The van der Waals surface area contributed by atoms with Crippen molar-refractivity contribution in [3.8, 4) is 5.75 Å². The van der Waals surface area contributed by atoms with Crippen LogP contribution in [-0.2, 0) is 32.2 Å². The van der Waals surface area contributed by atoms with E-state index in [1.165, 1.54) is 0 Å². The number of hydrogen-bond acceptors (Lipinski definition) is 8. The molecule has 1 aliphatic heterocycles. The van der Waals surface area contributed by atoms with Crippen molar-refractivity contribution in [1.29, 1.82) is 0 Å². The predicted molar refractivity (Wildman–Crippen MR) is 155 cm³/mol. The highest BCUT2D eigenvalue weighted by molar-refractivity contribution is 7.99. The lowest BCUT2D eigenvalue weighted by molar-refractivity contribution is -0.245. The van der Waals surface area contributed by atoms with E-state index in [-0.39, 0.29) is 32.0 Å². The van der Waals surface area contributed by atoms with Gasteiger partial charge in [-0.15, -0.1) is 11.8 Å². The van der Waals surface area contributed by atoms with Crippen LogP contribution in [0.5, 0.6) is 5.75 Å². The van der Waals surface area contributed by atoms with Gasteiger partial charge in [0.15, 0.2) is 6.29 Å². The number of aliphatic hydroxyl groups is 1. The molecule has 41 heavy (non-hydrogen) atoms. The van der Waals surface area contributed by atoms with Gasteiger partial charge >= 0.3 is 12.0 Å². The standard InChI is InChI=1S/C31H36N2O7S/c1-3-38-29(35)18-33-31(36)32-17-21-8-14-24(15-9-21)30-39-25(20-41-28-7-5-4-6-26(28)37-2)16-27(40-30)23-12-10-22(19-34)11-13-23/h4-15,25,27,30,34H,3,16-20H2,1-2H3,(H2,32,33,36)/t25-,27+,30+/m1/s1. The highest BCUT2D eigenvalue weighted by Crippen LogP contribution is 2.40. The fraction of sp³-hybridized carbons (Fsp3) is 0.355. The summed E-state index contributed by atoms with van der Waals surface area (Å²) in [6.07, 6.45) is -0.172. The van der Waals surface area contributed by atoms with E-state index in [1.807, 2.05) is 72.8 Å². The maximum Gasteiger partial charge on any atom is 0.325 e. The topological polar surface area (TPSA) is 115 Å². The summed E-state index contributed by atoms with van der Waals surface area (Å²) >= 11 is 1.69. The highest BCUT2D eigenvalue weighted by atomic mass is 32.2. The molecule has 9 nitrogen and oxygen atoms in total. The Morgan fingerprint density at radius 2 is 1.66 bits per heavy atom. The van der Waals surface area contributed by atoms with Crippen LogP contribution < -0.4 is 15.4 Å². The van der Waals surface area contributed by atoms with Crippen LogP contribution in [0.4, 0.5) is 4.79 Å². The number of ether oxygens (including phenoxy) is 4. The zero-order chi connectivity index (χ0) is 29.0. The molecule has 0 saturated carbocycles. The molecule has 0 bridgehead atoms. The van der Waals surface area contributed by atoms with E-state index in [0.29, 0.717) is 18.7 Å². The maximum atomic E-state index is 12.0. The summed E-state index contributed by atoms with van der Waals surface area (Å²) in [5, 5.41) is 14.6. The first-order valence-corrected chi connectivity index (χ1v) is 14.5. The maximum absolute atomic E-state index is 12.0. The Bertz CT molecular complexity index is 1270. The average molecular weight is 581 g/mol. The number of benzene rings is 3. The van der Waals surface area contributed by atoms with E-state index in [0.717, 1.165) is 32.9 Å². The largest absolute Gasteiger partial charge is 0.496 e. The number of thioether (sulfide) groups is 1. The van der Waals surface area contributed by atoms with Crippen molar-refractivity contribution in [2.75, 3.05) is 26.0 Å². The molecule has 1 saturated heterocycles. The van der Waals surface area contributed by atoms with Crippen molar-refractivity contribution in [1.82, 2.24) is 10.6 Å². The molecular formula is C31H36N2O7S. The van der Waals surface area contributed by atoms with E-state index in [1.54, 1.807) is 25.8 Å². The molecule has 3 aromatic carbocycles. The van der Waals surface area contributed by atoms with E-state index in [4.69, 9.17) is 18.9 Å². The monoisotopic (exact) mass is 580 g/mol. The minimum Gasteiger partial charge on any atom is -0.496 e.